The molecule has 1 heterocycles. The summed E-state index contributed by atoms with van der Waals surface area (Å²) in [4.78, 5) is 31.1. The smallest absolute Gasteiger partial charge is 0.254 e. The van der Waals surface area contributed by atoms with Crippen LogP contribution in [0.5, 0.6) is 0 Å². The third-order valence-corrected chi connectivity index (χ3v) is 5.99. The molecule has 2 aliphatic rings. The molecule has 1 aliphatic heterocycles. The van der Waals surface area contributed by atoms with E-state index >= 15 is 0 Å². The van der Waals surface area contributed by atoms with Gasteiger partial charge in [-0.2, -0.15) is 0 Å². The van der Waals surface area contributed by atoms with Crippen LogP contribution in [0.1, 0.15) is 48.9 Å². The lowest BCUT2D eigenvalue weighted by molar-refractivity contribution is -0.131. The monoisotopic (exact) mass is 389 g/mol. The maximum absolute atomic E-state index is 13.4. The maximum Gasteiger partial charge on any atom is 0.254 e. The summed E-state index contributed by atoms with van der Waals surface area (Å²) in [5.74, 6) is 0.276. The third kappa shape index (κ3) is 5.77. The Morgan fingerprint density at radius 2 is 1.86 bits per heavy atom. The van der Waals surface area contributed by atoms with Crippen molar-refractivity contribution >= 4 is 11.8 Å². The Balaban J connectivity index is 1.47. The first-order valence-electron chi connectivity index (χ1n) is 10.5. The molecule has 0 N–H and O–H groups in total. The van der Waals surface area contributed by atoms with Crippen LogP contribution in [0.4, 0.5) is 4.39 Å². The Morgan fingerprint density at radius 3 is 2.61 bits per heavy atom. The summed E-state index contributed by atoms with van der Waals surface area (Å²) < 4.78 is 13.4. The van der Waals surface area contributed by atoms with Crippen molar-refractivity contribution in [3.05, 3.63) is 35.6 Å². The van der Waals surface area contributed by atoms with Crippen LogP contribution in [0.2, 0.25) is 0 Å². The average molecular weight is 390 g/mol. The first-order chi connectivity index (χ1) is 13.5. The van der Waals surface area contributed by atoms with Crippen molar-refractivity contribution in [2.24, 2.45) is 5.92 Å². The minimum atomic E-state index is -0.395. The summed E-state index contributed by atoms with van der Waals surface area (Å²) >= 11 is 0. The molecule has 2 fully saturated rings. The molecule has 154 valence electrons. The normalized spacial score (nSPS) is 19.3. The van der Waals surface area contributed by atoms with Crippen molar-refractivity contribution in [3.63, 3.8) is 0 Å². The van der Waals surface area contributed by atoms with E-state index in [0.29, 0.717) is 37.7 Å². The first kappa shape index (κ1) is 20.8. The van der Waals surface area contributed by atoms with Crippen molar-refractivity contribution in [2.45, 2.75) is 38.5 Å². The molecule has 5 nitrogen and oxygen atoms in total. The number of carbonyl (C=O) groups is 2. The molecular formula is C22H32FN3O2. The maximum atomic E-state index is 13.4. The Morgan fingerprint density at radius 1 is 1.07 bits per heavy atom. The van der Waals surface area contributed by atoms with E-state index in [2.05, 4.69) is 4.90 Å². The number of nitrogens with zero attached hydrogens (tertiary/aromatic N) is 3. The van der Waals surface area contributed by atoms with Crippen LogP contribution in [0.25, 0.3) is 0 Å². The molecule has 0 aromatic heterocycles. The molecule has 1 aromatic rings. The summed E-state index contributed by atoms with van der Waals surface area (Å²) in [5.41, 5.74) is 0.386. The van der Waals surface area contributed by atoms with Crippen LogP contribution in [-0.4, -0.2) is 72.8 Å². The highest BCUT2D eigenvalue weighted by molar-refractivity contribution is 5.94. The number of hydrogen-bond acceptors (Lipinski definition) is 3. The number of halogens is 1. The van der Waals surface area contributed by atoms with Gasteiger partial charge in [0.1, 0.15) is 5.82 Å². The van der Waals surface area contributed by atoms with Gasteiger partial charge in [0.2, 0.25) is 5.91 Å². The molecule has 0 spiro atoms. The van der Waals surface area contributed by atoms with Crippen molar-refractivity contribution in [1.82, 2.24) is 14.7 Å². The molecule has 0 atom stereocenters. The molecule has 1 saturated carbocycles. The Labute approximate surface area is 167 Å². The lowest BCUT2D eigenvalue weighted by Crippen LogP contribution is -2.42. The van der Waals surface area contributed by atoms with Crippen LogP contribution in [-0.2, 0) is 4.79 Å². The standard InChI is InChI=1S/C22H32FN3O2/c1-24(16-18-7-3-2-4-8-18)21(27)17-25-11-6-12-26(14-13-25)22(28)19-9-5-10-20(23)15-19/h5,9-10,15,18H,2-4,6-8,11-14,16-17H2,1H3. The predicted molar refractivity (Wildman–Crippen MR) is 108 cm³/mol. The van der Waals surface area contributed by atoms with E-state index in [-0.39, 0.29) is 11.8 Å². The zero-order chi connectivity index (χ0) is 19.9. The van der Waals surface area contributed by atoms with Crippen LogP contribution in [0.15, 0.2) is 24.3 Å². The molecule has 0 bridgehead atoms. The van der Waals surface area contributed by atoms with Crippen LogP contribution >= 0.6 is 0 Å². The van der Waals surface area contributed by atoms with Gasteiger partial charge >= 0.3 is 0 Å². The van der Waals surface area contributed by atoms with Crippen molar-refractivity contribution in [2.75, 3.05) is 46.3 Å². The Bertz CT molecular complexity index is 676. The lowest BCUT2D eigenvalue weighted by Gasteiger charge is -2.29. The van der Waals surface area contributed by atoms with Gasteiger partial charge in [-0.25, -0.2) is 4.39 Å². The molecule has 1 saturated heterocycles. The zero-order valence-corrected chi connectivity index (χ0v) is 16.9. The van der Waals surface area contributed by atoms with E-state index in [1.54, 1.807) is 17.0 Å². The van der Waals surface area contributed by atoms with Gasteiger partial charge in [0.05, 0.1) is 6.54 Å². The summed E-state index contributed by atoms with van der Waals surface area (Å²) in [6.45, 7) is 3.94. The number of rotatable bonds is 5. The van der Waals surface area contributed by atoms with Gasteiger partial charge in [0.25, 0.3) is 5.91 Å². The van der Waals surface area contributed by atoms with Gasteiger partial charge in [-0.05, 0) is 43.4 Å². The highest BCUT2D eigenvalue weighted by atomic mass is 19.1. The molecule has 6 heteroatoms. The third-order valence-electron chi connectivity index (χ3n) is 5.99. The second-order valence-electron chi connectivity index (χ2n) is 8.21. The molecule has 0 unspecified atom stereocenters. The number of likely N-dealkylation sites (N-methyl/N-ethyl adjacent to an activating group) is 1. The van der Waals surface area contributed by atoms with Crippen molar-refractivity contribution in [3.8, 4) is 0 Å². The SMILES string of the molecule is CN(CC1CCCCC1)C(=O)CN1CCCN(C(=O)c2cccc(F)c2)CC1. The van der Waals surface area contributed by atoms with Gasteiger partial charge in [-0.15, -0.1) is 0 Å². The van der Waals surface area contributed by atoms with E-state index in [1.807, 2.05) is 11.9 Å². The van der Waals surface area contributed by atoms with E-state index in [4.69, 9.17) is 0 Å². The fraction of sp³-hybridized carbons (Fsp3) is 0.636. The topological polar surface area (TPSA) is 43.9 Å². The second-order valence-corrected chi connectivity index (χ2v) is 8.21. The summed E-state index contributed by atoms with van der Waals surface area (Å²) in [6, 6.07) is 5.84. The molecule has 3 rings (SSSR count). The van der Waals surface area contributed by atoms with Gasteiger partial charge in [-0.3, -0.25) is 14.5 Å². The molecule has 28 heavy (non-hydrogen) atoms. The summed E-state index contributed by atoms with van der Waals surface area (Å²) in [5, 5.41) is 0. The summed E-state index contributed by atoms with van der Waals surface area (Å²) in [7, 11) is 1.91. The van der Waals surface area contributed by atoms with Crippen LogP contribution in [0, 0.1) is 11.7 Å². The fourth-order valence-corrected chi connectivity index (χ4v) is 4.31. The van der Waals surface area contributed by atoms with Gasteiger partial charge < -0.3 is 9.80 Å². The minimum Gasteiger partial charge on any atom is -0.344 e. The molecule has 1 aliphatic carbocycles. The van der Waals surface area contributed by atoms with E-state index in [0.717, 1.165) is 19.5 Å². The predicted octanol–water partition coefficient (Wildman–Crippen LogP) is 3.01. The molecule has 1 aromatic carbocycles. The van der Waals surface area contributed by atoms with E-state index < -0.39 is 5.82 Å². The minimum absolute atomic E-state index is 0.137. The number of carbonyl (C=O) groups excluding carboxylic acids is 2. The Hall–Kier alpha value is -1.95. The average Bonchev–Trinajstić information content (AvgIpc) is 2.93. The van der Waals surface area contributed by atoms with Gasteiger partial charge in [0.15, 0.2) is 0 Å². The zero-order valence-electron chi connectivity index (χ0n) is 16.9. The number of hydrogen-bond donors (Lipinski definition) is 0. The van der Waals surface area contributed by atoms with Crippen LogP contribution < -0.4 is 0 Å². The van der Waals surface area contributed by atoms with Gasteiger partial charge in [0, 0.05) is 45.3 Å². The van der Waals surface area contributed by atoms with E-state index in [1.165, 1.54) is 44.2 Å². The van der Waals surface area contributed by atoms with Gasteiger partial charge in [-0.1, -0.05) is 25.3 Å². The summed E-state index contributed by atoms with van der Waals surface area (Å²) in [6.07, 6.45) is 7.19. The highest BCUT2D eigenvalue weighted by Crippen LogP contribution is 2.24. The Kier molecular flexibility index (Phi) is 7.43. The highest BCUT2D eigenvalue weighted by Gasteiger charge is 2.24. The largest absolute Gasteiger partial charge is 0.344 e. The molecular weight excluding hydrogens is 357 g/mol. The van der Waals surface area contributed by atoms with Crippen LogP contribution in [0.3, 0.4) is 0 Å². The second kappa shape index (κ2) is 10.0. The van der Waals surface area contributed by atoms with E-state index in [9.17, 15) is 14.0 Å². The van der Waals surface area contributed by atoms with Crippen molar-refractivity contribution in [1.29, 1.82) is 0 Å². The number of amides is 2. The first-order valence-corrected chi connectivity index (χ1v) is 10.5. The molecule has 0 radical (unpaired) electrons. The molecule has 2 amide bonds. The quantitative estimate of drug-likeness (QED) is 0.778. The van der Waals surface area contributed by atoms with Crippen molar-refractivity contribution < 1.29 is 14.0 Å². The fourth-order valence-electron chi connectivity index (χ4n) is 4.31. The number of benzene rings is 1. The lowest BCUT2D eigenvalue weighted by atomic mass is 9.89.